The van der Waals surface area contributed by atoms with Crippen LogP contribution in [-0.2, 0) is 19.4 Å². The molecule has 0 radical (unpaired) electrons. The third-order valence-corrected chi connectivity index (χ3v) is 6.24. The Labute approximate surface area is 164 Å². The highest BCUT2D eigenvalue weighted by molar-refractivity contribution is 7.14. The molecule has 1 amide bonds. The van der Waals surface area contributed by atoms with Crippen LogP contribution in [0, 0.1) is 5.41 Å². The second-order valence-corrected chi connectivity index (χ2v) is 9.31. The maximum absolute atomic E-state index is 13.0. The van der Waals surface area contributed by atoms with E-state index < -0.39 is 5.97 Å². The average molecular weight is 387 g/mol. The maximum atomic E-state index is 13.0. The molecular formula is C21H26N2O3S. The summed E-state index contributed by atoms with van der Waals surface area (Å²) in [7, 11) is 3.94. The van der Waals surface area contributed by atoms with E-state index in [1.54, 1.807) is 0 Å². The number of nitrogens with zero attached hydrogens (tertiary/aromatic N) is 1. The summed E-state index contributed by atoms with van der Waals surface area (Å²) in [4.78, 5) is 28.3. The zero-order chi connectivity index (χ0) is 19.8. The van der Waals surface area contributed by atoms with Gasteiger partial charge >= 0.3 is 5.97 Å². The van der Waals surface area contributed by atoms with E-state index in [0.29, 0.717) is 17.8 Å². The molecule has 1 heterocycles. The van der Waals surface area contributed by atoms with Crippen LogP contribution in [0.3, 0.4) is 0 Å². The van der Waals surface area contributed by atoms with Crippen molar-refractivity contribution in [1.82, 2.24) is 4.90 Å². The van der Waals surface area contributed by atoms with Gasteiger partial charge in [-0.1, -0.05) is 32.0 Å². The molecule has 1 aromatic heterocycles. The zero-order valence-corrected chi connectivity index (χ0v) is 17.1. The lowest BCUT2D eigenvalue weighted by Gasteiger charge is -2.29. The molecule has 2 aromatic rings. The summed E-state index contributed by atoms with van der Waals surface area (Å²) in [5.74, 6) is -1.35. The van der Waals surface area contributed by atoms with Crippen molar-refractivity contribution in [1.29, 1.82) is 0 Å². The largest absolute Gasteiger partial charge is 0.478 e. The predicted octanol–water partition coefficient (Wildman–Crippen LogP) is 4.28. The summed E-state index contributed by atoms with van der Waals surface area (Å²) in [6.07, 6.45) is 2.54. The smallest absolute Gasteiger partial charge is 0.337 e. The van der Waals surface area contributed by atoms with Crippen LogP contribution >= 0.6 is 11.3 Å². The van der Waals surface area contributed by atoms with Gasteiger partial charge in [-0.2, -0.15) is 0 Å². The Morgan fingerprint density at radius 2 is 1.96 bits per heavy atom. The summed E-state index contributed by atoms with van der Waals surface area (Å²) < 4.78 is 0. The van der Waals surface area contributed by atoms with Crippen molar-refractivity contribution in [3.63, 3.8) is 0 Å². The van der Waals surface area contributed by atoms with E-state index in [1.807, 2.05) is 43.3 Å². The second kappa shape index (κ2) is 7.44. The number of anilines is 1. The van der Waals surface area contributed by atoms with Crippen molar-refractivity contribution in [2.75, 3.05) is 19.4 Å². The first-order valence-electron chi connectivity index (χ1n) is 9.10. The Bertz CT molecular complexity index is 884. The van der Waals surface area contributed by atoms with Crippen LogP contribution in [-0.4, -0.2) is 36.0 Å². The molecule has 144 valence electrons. The lowest BCUT2D eigenvalue weighted by atomic mass is 9.76. The number of thiophene rings is 1. The van der Waals surface area contributed by atoms with E-state index in [4.69, 9.17) is 0 Å². The molecule has 0 saturated carbocycles. The molecule has 0 fully saturated rings. The monoisotopic (exact) mass is 386 g/mol. The molecule has 6 heteroatoms. The van der Waals surface area contributed by atoms with Gasteiger partial charge in [-0.25, -0.2) is 4.79 Å². The van der Waals surface area contributed by atoms with E-state index >= 15 is 0 Å². The summed E-state index contributed by atoms with van der Waals surface area (Å²) in [6, 6.07) is 7.63. The maximum Gasteiger partial charge on any atom is 0.337 e. The molecule has 0 unspecified atom stereocenters. The van der Waals surface area contributed by atoms with Gasteiger partial charge in [-0.15, -0.1) is 11.3 Å². The Hall–Kier alpha value is -2.18. The predicted molar refractivity (Wildman–Crippen MR) is 109 cm³/mol. The number of hydrogen-bond acceptors (Lipinski definition) is 4. The van der Waals surface area contributed by atoms with Crippen molar-refractivity contribution in [2.24, 2.45) is 5.41 Å². The number of para-hydroxylation sites is 1. The highest BCUT2D eigenvalue weighted by Crippen LogP contribution is 2.41. The normalized spacial score (nSPS) is 15.4. The molecule has 2 N–H and O–H groups in total. The van der Waals surface area contributed by atoms with Crippen LogP contribution in [0.15, 0.2) is 24.3 Å². The van der Waals surface area contributed by atoms with Gasteiger partial charge in [-0.05, 0) is 56.0 Å². The topological polar surface area (TPSA) is 69.6 Å². The van der Waals surface area contributed by atoms with Gasteiger partial charge in [0.05, 0.1) is 5.56 Å². The number of aryl methyl sites for hydroxylation is 1. The standard InChI is InChI=1S/C21H26N2O3S/c1-21(2)10-9-16-14(11-21)17(20(25)26)18(27-16)19(24)22-15-8-6-5-7-13(15)12-23(3)4/h5-8H,9-12H2,1-4H3,(H,22,24)(H,25,26). The quantitative estimate of drug-likeness (QED) is 0.805. The number of benzene rings is 1. The lowest BCUT2D eigenvalue weighted by molar-refractivity contribution is 0.0691. The second-order valence-electron chi connectivity index (χ2n) is 8.20. The van der Waals surface area contributed by atoms with Gasteiger partial charge in [-0.3, -0.25) is 4.79 Å². The van der Waals surface area contributed by atoms with Crippen molar-refractivity contribution >= 4 is 28.9 Å². The highest BCUT2D eigenvalue weighted by atomic mass is 32.1. The number of fused-ring (bicyclic) bond motifs is 1. The Morgan fingerprint density at radius 1 is 1.26 bits per heavy atom. The number of carboxylic acid groups (broad SMARTS) is 1. The van der Waals surface area contributed by atoms with Crippen LogP contribution in [0.2, 0.25) is 0 Å². The van der Waals surface area contributed by atoms with Crippen molar-refractivity contribution in [2.45, 2.75) is 39.7 Å². The number of amides is 1. The molecule has 27 heavy (non-hydrogen) atoms. The molecule has 1 aromatic carbocycles. The third kappa shape index (κ3) is 4.22. The molecule has 0 saturated heterocycles. The molecule has 5 nitrogen and oxygen atoms in total. The molecule has 0 bridgehead atoms. The Balaban J connectivity index is 1.95. The van der Waals surface area contributed by atoms with Crippen molar-refractivity contribution in [3.8, 4) is 0 Å². The number of aromatic carboxylic acids is 1. The van der Waals surface area contributed by atoms with E-state index in [0.717, 1.165) is 34.5 Å². The molecule has 3 rings (SSSR count). The first kappa shape index (κ1) is 19.6. The average Bonchev–Trinajstić information content (AvgIpc) is 2.93. The minimum atomic E-state index is -1.02. The van der Waals surface area contributed by atoms with E-state index in [9.17, 15) is 14.7 Å². The van der Waals surface area contributed by atoms with Crippen LogP contribution in [0.4, 0.5) is 5.69 Å². The Morgan fingerprint density at radius 3 is 2.63 bits per heavy atom. The fraction of sp³-hybridized carbons (Fsp3) is 0.429. The minimum absolute atomic E-state index is 0.0599. The van der Waals surface area contributed by atoms with Crippen molar-refractivity contribution in [3.05, 3.63) is 50.7 Å². The van der Waals surface area contributed by atoms with Crippen LogP contribution in [0.5, 0.6) is 0 Å². The molecule has 0 aliphatic heterocycles. The third-order valence-electron chi connectivity index (χ3n) is 4.95. The molecule has 1 aliphatic carbocycles. The van der Waals surface area contributed by atoms with Crippen LogP contribution in [0.25, 0.3) is 0 Å². The molecular weight excluding hydrogens is 360 g/mol. The first-order valence-corrected chi connectivity index (χ1v) is 9.91. The number of nitrogens with one attached hydrogen (secondary N) is 1. The van der Waals surface area contributed by atoms with Gasteiger partial charge in [0.15, 0.2) is 0 Å². The number of carboxylic acids is 1. The zero-order valence-electron chi connectivity index (χ0n) is 16.3. The molecule has 0 atom stereocenters. The van der Waals surface area contributed by atoms with E-state index in [1.165, 1.54) is 11.3 Å². The summed E-state index contributed by atoms with van der Waals surface area (Å²) >= 11 is 1.33. The van der Waals surface area contributed by atoms with Gasteiger partial charge in [0.25, 0.3) is 5.91 Å². The van der Waals surface area contributed by atoms with Gasteiger partial charge in [0, 0.05) is 17.1 Å². The Kier molecular flexibility index (Phi) is 5.40. The lowest BCUT2D eigenvalue weighted by Crippen LogP contribution is -2.23. The number of rotatable bonds is 5. The highest BCUT2D eigenvalue weighted by Gasteiger charge is 2.34. The number of hydrogen-bond donors (Lipinski definition) is 2. The SMILES string of the molecule is CN(C)Cc1ccccc1NC(=O)c1sc2c(c1C(=O)O)CC(C)(C)CC2. The number of carbonyl (C=O) groups excluding carboxylic acids is 1. The van der Waals surface area contributed by atoms with Crippen LogP contribution in [0.1, 0.15) is 56.3 Å². The molecule has 1 aliphatic rings. The van der Waals surface area contributed by atoms with E-state index in [2.05, 4.69) is 19.2 Å². The minimum Gasteiger partial charge on any atom is -0.478 e. The fourth-order valence-electron chi connectivity index (χ4n) is 3.61. The van der Waals surface area contributed by atoms with Gasteiger partial charge < -0.3 is 15.3 Å². The fourth-order valence-corrected chi connectivity index (χ4v) is 4.81. The number of carbonyl (C=O) groups is 2. The van der Waals surface area contributed by atoms with Gasteiger partial charge in [0.1, 0.15) is 4.88 Å². The molecule has 0 spiro atoms. The summed E-state index contributed by atoms with van der Waals surface area (Å²) in [5, 5.41) is 12.7. The van der Waals surface area contributed by atoms with Gasteiger partial charge in [0.2, 0.25) is 0 Å². The first-order chi connectivity index (χ1) is 12.7. The van der Waals surface area contributed by atoms with E-state index in [-0.39, 0.29) is 16.9 Å². The summed E-state index contributed by atoms with van der Waals surface area (Å²) in [5.41, 5.74) is 2.81. The summed E-state index contributed by atoms with van der Waals surface area (Å²) in [6.45, 7) is 4.99. The van der Waals surface area contributed by atoms with Crippen molar-refractivity contribution < 1.29 is 14.7 Å². The van der Waals surface area contributed by atoms with Crippen LogP contribution < -0.4 is 5.32 Å².